The summed E-state index contributed by atoms with van der Waals surface area (Å²) < 4.78 is 1.45. The van der Waals surface area contributed by atoms with Crippen LogP contribution in [0.2, 0.25) is 0 Å². The Kier molecular flexibility index (Phi) is 5.69. The number of phenolic OH excluding ortho intramolecular Hbond substituents is 1. The number of carbonyl (C=O) groups excluding carboxylic acids is 1. The predicted molar refractivity (Wildman–Crippen MR) is 94.4 cm³/mol. The van der Waals surface area contributed by atoms with Crippen molar-refractivity contribution in [2.75, 3.05) is 0 Å². The van der Waals surface area contributed by atoms with Crippen molar-refractivity contribution in [3.05, 3.63) is 24.8 Å². The Labute approximate surface area is 149 Å². The van der Waals surface area contributed by atoms with Crippen LogP contribution in [0.5, 0.6) is 5.75 Å². The molecule has 2 atom stereocenters. The monoisotopic (exact) mass is 515 g/mol. The number of hydrogen-bond acceptors (Lipinski definition) is 3. The summed E-state index contributed by atoms with van der Waals surface area (Å²) in [5.74, 6) is -1.90. The first-order chi connectivity index (χ1) is 9.90. The van der Waals surface area contributed by atoms with Crippen LogP contribution in [0.1, 0.15) is 36.0 Å². The third-order valence-electron chi connectivity index (χ3n) is 3.67. The first kappa shape index (κ1) is 16.8. The molecule has 5 nitrogen and oxygen atoms in total. The number of phenols is 1. The zero-order valence-electron chi connectivity index (χ0n) is 11.1. The minimum Gasteiger partial charge on any atom is -0.506 e. The van der Waals surface area contributed by atoms with E-state index in [4.69, 9.17) is 0 Å². The second-order valence-corrected chi connectivity index (χ2v) is 7.50. The van der Waals surface area contributed by atoms with Crippen LogP contribution in [0, 0.1) is 13.1 Å². The highest BCUT2D eigenvalue weighted by Crippen LogP contribution is 2.29. The van der Waals surface area contributed by atoms with Crippen molar-refractivity contribution in [1.82, 2.24) is 5.32 Å². The predicted octanol–water partition coefficient (Wildman–Crippen LogP) is 2.97. The van der Waals surface area contributed by atoms with E-state index in [-0.39, 0.29) is 17.4 Å². The number of aromatic hydroxyl groups is 1. The lowest BCUT2D eigenvalue weighted by atomic mass is 9.84. The summed E-state index contributed by atoms with van der Waals surface area (Å²) in [6.07, 6.45) is 3.01. The molecule has 7 heteroatoms. The molecule has 3 N–H and O–H groups in total. The molecule has 0 aromatic heterocycles. The molecule has 1 amide bonds. The van der Waals surface area contributed by atoms with Gasteiger partial charge < -0.3 is 15.5 Å². The molecule has 1 aliphatic carbocycles. The van der Waals surface area contributed by atoms with E-state index in [0.29, 0.717) is 16.4 Å². The number of benzene rings is 1. The highest BCUT2D eigenvalue weighted by atomic mass is 127. The Hall–Kier alpha value is -0.580. The van der Waals surface area contributed by atoms with Crippen LogP contribution < -0.4 is 5.32 Å². The van der Waals surface area contributed by atoms with Crippen molar-refractivity contribution < 1.29 is 19.8 Å². The minimum absolute atomic E-state index is 0.0591. The molecule has 0 heterocycles. The van der Waals surface area contributed by atoms with E-state index >= 15 is 0 Å². The maximum absolute atomic E-state index is 12.3. The number of nitrogens with one attached hydrogen (secondary N) is 1. The van der Waals surface area contributed by atoms with Gasteiger partial charge in [0.1, 0.15) is 5.75 Å². The van der Waals surface area contributed by atoms with Gasteiger partial charge in [-0.1, -0.05) is 12.8 Å². The van der Waals surface area contributed by atoms with Gasteiger partial charge in [-0.15, -0.1) is 0 Å². The normalized spacial score (nSPS) is 21.8. The van der Waals surface area contributed by atoms with Gasteiger partial charge in [-0.25, -0.2) is 0 Å². The quantitative estimate of drug-likeness (QED) is 0.541. The SMILES string of the molecule is O=C(NC1CCCCC1C(=O)O)c1cc(I)cc(I)c1O. The topological polar surface area (TPSA) is 86.6 Å². The fourth-order valence-electron chi connectivity index (χ4n) is 2.58. The Balaban J connectivity index is 2.19. The second-order valence-electron chi connectivity index (χ2n) is 5.09. The van der Waals surface area contributed by atoms with Crippen LogP contribution in [0.3, 0.4) is 0 Å². The Morgan fingerprint density at radius 2 is 1.86 bits per heavy atom. The zero-order chi connectivity index (χ0) is 15.6. The van der Waals surface area contributed by atoms with Gasteiger partial charge in [0.05, 0.1) is 15.1 Å². The molecule has 1 aromatic rings. The van der Waals surface area contributed by atoms with Gasteiger partial charge in [0, 0.05) is 9.61 Å². The number of rotatable bonds is 3. The van der Waals surface area contributed by atoms with E-state index in [0.717, 1.165) is 16.4 Å². The maximum atomic E-state index is 12.3. The number of halogens is 2. The summed E-state index contributed by atoms with van der Waals surface area (Å²) in [4.78, 5) is 23.6. The molecule has 0 spiro atoms. The first-order valence-corrected chi connectivity index (χ1v) is 8.77. The molecular formula is C14H15I2NO4. The van der Waals surface area contributed by atoms with Gasteiger partial charge in [-0.3, -0.25) is 9.59 Å². The van der Waals surface area contributed by atoms with Crippen molar-refractivity contribution >= 4 is 57.1 Å². The summed E-state index contributed by atoms with van der Waals surface area (Å²) >= 11 is 4.04. The van der Waals surface area contributed by atoms with Crippen LogP contribution in [0.25, 0.3) is 0 Å². The van der Waals surface area contributed by atoms with Crippen molar-refractivity contribution in [2.24, 2.45) is 5.92 Å². The minimum atomic E-state index is -0.874. The maximum Gasteiger partial charge on any atom is 0.308 e. The fraction of sp³-hybridized carbons (Fsp3) is 0.429. The Bertz CT molecular complexity index is 576. The lowest BCUT2D eigenvalue weighted by Crippen LogP contribution is -2.45. The van der Waals surface area contributed by atoms with Gasteiger partial charge in [0.25, 0.3) is 5.91 Å². The molecule has 0 bridgehead atoms. The molecule has 1 aromatic carbocycles. The van der Waals surface area contributed by atoms with Gasteiger partial charge >= 0.3 is 5.97 Å². The smallest absolute Gasteiger partial charge is 0.308 e. The Morgan fingerprint density at radius 1 is 1.19 bits per heavy atom. The van der Waals surface area contributed by atoms with Crippen LogP contribution in [-0.4, -0.2) is 28.1 Å². The highest BCUT2D eigenvalue weighted by Gasteiger charge is 2.32. The summed E-state index contributed by atoms with van der Waals surface area (Å²) in [5.41, 5.74) is 0.195. The number of aliphatic carboxylic acids is 1. The van der Waals surface area contributed by atoms with E-state index in [1.807, 2.05) is 22.6 Å². The van der Waals surface area contributed by atoms with Crippen LogP contribution in [-0.2, 0) is 4.79 Å². The van der Waals surface area contributed by atoms with Gasteiger partial charge in [-0.2, -0.15) is 0 Å². The lowest BCUT2D eigenvalue weighted by molar-refractivity contribution is -0.143. The van der Waals surface area contributed by atoms with E-state index in [1.54, 1.807) is 12.1 Å². The molecule has 21 heavy (non-hydrogen) atoms. The number of carboxylic acid groups (broad SMARTS) is 1. The molecule has 1 saturated carbocycles. The molecule has 1 fully saturated rings. The average molecular weight is 515 g/mol. The van der Waals surface area contributed by atoms with Crippen molar-refractivity contribution in [2.45, 2.75) is 31.7 Å². The van der Waals surface area contributed by atoms with Crippen molar-refractivity contribution in [1.29, 1.82) is 0 Å². The van der Waals surface area contributed by atoms with Gasteiger partial charge in [-0.05, 0) is 70.2 Å². The third-order valence-corrected chi connectivity index (χ3v) is 5.12. The summed E-state index contributed by atoms with van der Waals surface area (Å²) in [6, 6.07) is 3.00. The van der Waals surface area contributed by atoms with E-state index < -0.39 is 17.8 Å². The highest BCUT2D eigenvalue weighted by molar-refractivity contribution is 14.1. The zero-order valence-corrected chi connectivity index (χ0v) is 15.4. The average Bonchev–Trinajstić information content (AvgIpc) is 2.43. The standard InChI is InChI=1S/C14H15I2NO4/c15-7-5-9(12(18)10(16)6-7)13(19)17-11-4-2-1-3-8(11)14(20)21/h5-6,8,11,18H,1-4H2,(H,17,19)(H,20,21). The third kappa shape index (κ3) is 3.99. The molecule has 2 rings (SSSR count). The summed E-state index contributed by atoms with van der Waals surface area (Å²) in [5, 5.41) is 22.0. The van der Waals surface area contributed by atoms with E-state index in [1.165, 1.54) is 0 Å². The van der Waals surface area contributed by atoms with Crippen LogP contribution in [0.15, 0.2) is 12.1 Å². The molecule has 1 aliphatic rings. The second kappa shape index (κ2) is 7.12. The number of amides is 1. The van der Waals surface area contributed by atoms with E-state index in [2.05, 4.69) is 27.9 Å². The first-order valence-electron chi connectivity index (χ1n) is 6.62. The molecule has 2 unspecified atom stereocenters. The van der Waals surface area contributed by atoms with E-state index in [9.17, 15) is 19.8 Å². The van der Waals surface area contributed by atoms with Crippen molar-refractivity contribution in [3.63, 3.8) is 0 Å². The Morgan fingerprint density at radius 3 is 2.52 bits per heavy atom. The van der Waals surface area contributed by atoms with Crippen LogP contribution in [0.4, 0.5) is 0 Å². The molecule has 114 valence electrons. The number of carboxylic acids is 1. The largest absolute Gasteiger partial charge is 0.506 e. The molecule has 0 aliphatic heterocycles. The lowest BCUT2D eigenvalue weighted by Gasteiger charge is -2.29. The van der Waals surface area contributed by atoms with Gasteiger partial charge in [0.2, 0.25) is 0 Å². The molecule has 0 saturated heterocycles. The van der Waals surface area contributed by atoms with Crippen molar-refractivity contribution in [3.8, 4) is 5.75 Å². The fourth-order valence-corrected chi connectivity index (χ4v) is 4.43. The van der Waals surface area contributed by atoms with Crippen LogP contribution >= 0.6 is 45.2 Å². The van der Waals surface area contributed by atoms with Gasteiger partial charge in [0.15, 0.2) is 0 Å². The number of hydrogen-bond donors (Lipinski definition) is 3. The molecular weight excluding hydrogens is 500 g/mol. The number of carbonyl (C=O) groups is 2. The summed E-state index contributed by atoms with van der Waals surface area (Å²) in [7, 11) is 0. The summed E-state index contributed by atoms with van der Waals surface area (Å²) in [6.45, 7) is 0. The molecule has 0 radical (unpaired) electrons.